The highest BCUT2D eigenvalue weighted by atomic mass is 32.1. The lowest BCUT2D eigenvalue weighted by Crippen LogP contribution is -2.38. The summed E-state index contributed by atoms with van der Waals surface area (Å²) in [4.78, 5) is 22.6. The molecule has 1 atom stereocenters. The van der Waals surface area contributed by atoms with Crippen molar-refractivity contribution in [1.29, 1.82) is 0 Å². The first-order chi connectivity index (χ1) is 19.1. The number of benzene rings is 3. The van der Waals surface area contributed by atoms with Crippen LogP contribution in [0.1, 0.15) is 55.0 Å². The molecule has 5 rings (SSSR count). The van der Waals surface area contributed by atoms with Gasteiger partial charge in [0.2, 0.25) is 11.5 Å². The van der Waals surface area contributed by atoms with Crippen LogP contribution < -0.4 is 5.32 Å². The van der Waals surface area contributed by atoms with E-state index in [0.717, 1.165) is 29.5 Å². The maximum Gasteiger partial charge on any atom is 0.360 e. The van der Waals surface area contributed by atoms with Crippen LogP contribution in [0, 0.1) is 0 Å². The number of nitrogens with one attached hydrogen (secondary N) is 1. The zero-order valence-corrected chi connectivity index (χ0v) is 22.6. The highest BCUT2D eigenvalue weighted by molar-refractivity contribution is 7.14. The summed E-state index contributed by atoms with van der Waals surface area (Å²) in [7, 11) is 0. The van der Waals surface area contributed by atoms with Gasteiger partial charge in [0.05, 0.1) is 6.61 Å². The molecule has 0 bridgehead atoms. The molecule has 0 amide bonds. The fraction of sp³-hybridized carbons (Fsp3) is 0.258. The van der Waals surface area contributed by atoms with Crippen LogP contribution in [0.3, 0.4) is 0 Å². The molecule has 4 aromatic rings. The van der Waals surface area contributed by atoms with Gasteiger partial charge in [0.15, 0.2) is 5.13 Å². The molecular weight excluding hydrogens is 510 g/mol. The Morgan fingerprint density at radius 2 is 1.56 bits per heavy atom. The number of anilines is 1. The minimum Gasteiger partial charge on any atom is -0.476 e. The fourth-order valence-electron chi connectivity index (χ4n) is 4.95. The summed E-state index contributed by atoms with van der Waals surface area (Å²) in [6, 6.07) is 30.5. The molecule has 0 saturated carbocycles. The molecular formula is C31H31N3O4S. The summed E-state index contributed by atoms with van der Waals surface area (Å²) >= 11 is 1.32. The molecule has 1 aliphatic heterocycles. The van der Waals surface area contributed by atoms with Crippen molar-refractivity contribution < 1.29 is 19.5 Å². The normalized spacial score (nSPS) is 17.9. The molecule has 8 heteroatoms. The Balaban J connectivity index is 1.55. The molecule has 39 heavy (non-hydrogen) atoms. The quantitative estimate of drug-likeness (QED) is 0.133. The second-order valence-electron chi connectivity index (χ2n) is 9.42. The van der Waals surface area contributed by atoms with Crippen molar-refractivity contribution >= 4 is 28.1 Å². The van der Waals surface area contributed by atoms with Gasteiger partial charge >= 0.3 is 5.97 Å². The van der Waals surface area contributed by atoms with Crippen LogP contribution >= 0.6 is 11.3 Å². The molecule has 1 fully saturated rings. The van der Waals surface area contributed by atoms with E-state index >= 15 is 0 Å². The van der Waals surface area contributed by atoms with Crippen LogP contribution in [0.2, 0.25) is 0 Å². The third-order valence-corrected chi connectivity index (χ3v) is 7.78. The Labute approximate surface area is 232 Å². The molecule has 1 saturated heterocycles. The Morgan fingerprint density at radius 1 is 1.00 bits per heavy atom. The van der Waals surface area contributed by atoms with Crippen molar-refractivity contribution in [2.24, 2.45) is 5.16 Å². The average Bonchev–Trinajstić information content (AvgIpc) is 3.45. The molecule has 1 aromatic heterocycles. The number of ether oxygens (including phenoxy) is 1. The van der Waals surface area contributed by atoms with E-state index in [2.05, 4.69) is 51.9 Å². The van der Waals surface area contributed by atoms with Crippen molar-refractivity contribution in [1.82, 2.24) is 4.98 Å². The maximum absolute atomic E-state index is 12.2. The number of hydrogen-bond acceptors (Lipinski definition) is 7. The van der Waals surface area contributed by atoms with E-state index in [4.69, 9.17) is 9.57 Å². The van der Waals surface area contributed by atoms with Gasteiger partial charge in [-0.2, -0.15) is 0 Å². The number of aliphatic carboxylic acids is 1. The Morgan fingerprint density at radius 3 is 2.03 bits per heavy atom. The van der Waals surface area contributed by atoms with E-state index < -0.39 is 17.3 Å². The van der Waals surface area contributed by atoms with Crippen molar-refractivity contribution in [2.45, 2.75) is 43.9 Å². The second-order valence-corrected chi connectivity index (χ2v) is 10.3. The zero-order valence-electron chi connectivity index (χ0n) is 21.7. The maximum atomic E-state index is 12.2. The lowest BCUT2D eigenvalue weighted by atomic mass is 9.77. The Kier molecular flexibility index (Phi) is 8.05. The van der Waals surface area contributed by atoms with Crippen LogP contribution in [0.25, 0.3) is 0 Å². The first-order valence-corrected chi connectivity index (χ1v) is 14.0. The molecule has 1 unspecified atom stereocenters. The summed E-state index contributed by atoms with van der Waals surface area (Å²) in [5.41, 5.74) is 2.25. The van der Waals surface area contributed by atoms with E-state index in [9.17, 15) is 9.90 Å². The van der Waals surface area contributed by atoms with E-state index in [1.54, 1.807) is 5.38 Å². The number of oxime groups is 1. The predicted molar refractivity (Wildman–Crippen MR) is 153 cm³/mol. The van der Waals surface area contributed by atoms with Gasteiger partial charge in [-0.05, 0) is 29.5 Å². The van der Waals surface area contributed by atoms with Crippen LogP contribution in [0.4, 0.5) is 5.13 Å². The molecule has 200 valence electrons. The van der Waals surface area contributed by atoms with Gasteiger partial charge < -0.3 is 20.0 Å². The highest BCUT2D eigenvalue weighted by Crippen LogP contribution is 2.40. The number of aromatic nitrogens is 1. The molecule has 3 aromatic carbocycles. The summed E-state index contributed by atoms with van der Waals surface area (Å²) in [5, 5.41) is 19.9. The third-order valence-electron chi connectivity index (χ3n) is 7.02. The zero-order chi connectivity index (χ0) is 27.1. The minimum absolute atomic E-state index is 0.222. The van der Waals surface area contributed by atoms with Crippen LogP contribution in [0.5, 0.6) is 0 Å². The molecule has 2 heterocycles. The standard InChI is InChI=1S/C31H31N3O4S/c1-2-30(20-12-13-21-37-30)38-34-27(28(35)36)26-22-39-29(32-26)33-31(23-14-6-3-7-15-23,24-16-8-4-9-17-24)25-18-10-5-11-19-25/h3-11,14-19,22H,2,12-13,20-21H2,1H3,(H,32,33)(H,35,36). The van der Waals surface area contributed by atoms with Gasteiger partial charge in [0.1, 0.15) is 11.2 Å². The number of carbonyl (C=O) groups is 1. The lowest BCUT2D eigenvalue weighted by molar-refractivity contribution is -0.257. The third kappa shape index (κ3) is 5.57. The monoisotopic (exact) mass is 541 g/mol. The summed E-state index contributed by atoms with van der Waals surface area (Å²) in [6.45, 7) is 2.51. The average molecular weight is 542 g/mol. The van der Waals surface area contributed by atoms with Gasteiger partial charge in [0, 0.05) is 18.2 Å². The number of carboxylic acids is 1. The number of rotatable bonds is 10. The smallest absolute Gasteiger partial charge is 0.360 e. The van der Waals surface area contributed by atoms with Gasteiger partial charge in [-0.1, -0.05) is 103 Å². The van der Waals surface area contributed by atoms with E-state index in [0.29, 0.717) is 24.6 Å². The molecule has 0 radical (unpaired) electrons. The Hall–Kier alpha value is -4.01. The lowest BCUT2D eigenvalue weighted by Gasteiger charge is -2.36. The van der Waals surface area contributed by atoms with Crippen molar-refractivity contribution in [2.75, 3.05) is 11.9 Å². The molecule has 0 aliphatic carbocycles. The summed E-state index contributed by atoms with van der Waals surface area (Å²) < 4.78 is 5.85. The minimum atomic E-state index is -1.21. The molecule has 7 nitrogen and oxygen atoms in total. The second kappa shape index (κ2) is 11.8. The highest BCUT2D eigenvalue weighted by Gasteiger charge is 2.38. The summed E-state index contributed by atoms with van der Waals surface area (Å²) in [6.07, 6.45) is 3.13. The number of nitrogens with zero attached hydrogens (tertiary/aromatic N) is 2. The number of thiazole rings is 1. The number of hydrogen-bond donors (Lipinski definition) is 2. The van der Waals surface area contributed by atoms with Crippen LogP contribution in [0.15, 0.2) is 102 Å². The summed E-state index contributed by atoms with van der Waals surface area (Å²) in [5.74, 6) is -2.12. The SMILES string of the molecule is CCC1(ON=C(C(=O)O)c2csc(NC(c3ccccc3)(c3ccccc3)c3ccccc3)n2)CCCCO1. The molecule has 1 aliphatic rings. The van der Waals surface area contributed by atoms with Crippen LogP contribution in [-0.4, -0.2) is 34.2 Å². The number of carboxylic acid groups (broad SMARTS) is 1. The van der Waals surface area contributed by atoms with Gasteiger partial charge in [-0.3, -0.25) is 0 Å². The van der Waals surface area contributed by atoms with Crippen LogP contribution in [-0.2, 0) is 19.9 Å². The van der Waals surface area contributed by atoms with Crippen molar-refractivity contribution in [3.8, 4) is 0 Å². The van der Waals surface area contributed by atoms with Crippen molar-refractivity contribution in [3.63, 3.8) is 0 Å². The largest absolute Gasteiger partial charge is 0.476 e. The van der Waals surface area contributed by atoms with E-state index in [1.165, 1.54) is 11.3 Å². The van der Waals surface area contributed by atoms with Gasteiger partial charge in [-0.15, -0.1) is 11.3 Å². The van der Waals surface area contributed by atoms with Gasteiger partial charge in [-0.25, -0.2) is 9.78 Å². The van der Waals surface area contributed by atoms with Gasteiger partial charge in [0.25, 0.3) is 0 Å². The fourth-order valence-corrected chi connectivity index (χ4v) is 5.70. The first kappa shape index (κ1) is 26.6. The topological polar surface area (TPSA) is 93.0 Å². The Bertz CT molecular complexity index is 1300. The van der Waals surface area contributed by atoms with E-state index in [1.807, 2.05) is 61.5 Å². The van der Waals surface area contributed by atoms with E-state index in [-0.39, 0.29) is 11.4 Å². The van der Waals surface area contributed by atoms with Crippen molar-refractivity contribution in [3.05, 3.63) is 119 Å². The first-order valence-electron chi connectivity index (χ1n) is 13.1. The molecule has 2 N–H and O–H groups in total. The molecule has 0 spiro atoms. The predicted octanol–water partition coefficient (Wildman–Crippen LogP) is 6.66.